The molecule has 1 saturated heterocycles. The molecule has 1 aliphatic rings. The van der Waals surface area contributed by atoms with Gasteiger partial charge in [0.25, 0.3) is 0 Å². The molecule has 1 aromatic carbocycles. The van der Waals surface area contributed by atoms with Crippen molar-refractivity contribution in [3.05, 3.63) is 57.5 Å². The van der Waals surface area contributed by atoms with Crippen LogP contribution in [0.4, 0.5) is 17.6 Å². The molecule has 0 radical (unpaired) electrons. The minimum atomic E-state index is -4.67. The molecule has 2 aromatic rings. The SMILES string of the molecule is Fc1cc([C@@H](c2ccsc2)N2CCNCC2)ccc1C(F)(F)F. The van der Waals surface area contributed by atoms with Crippen LogP contribution < -0.4 is 5.32 Å². The van der Waals surface area contributed by atoms with Crippen LogP contribution in [-0.4, -0.2) is 31.1 Å². The first-order valence-electron chi connectivity index (χ1n) is 7.30. The van der Waals surface area contributed by atoms with Crippen molar-refractivity contribution in [2.24, 2.45) is 0 Å². The maximum atomic E-state index is 14.0. The normalized spacial score (nSPS) is 18.1. The fraction of sp³-hybridized carbons (Fsp3) is 0.375. The van der Waals surface area contributed by atoms with Crippen LogP contribution in [0.3, 0.4) is 0 Å². The lowest BCUT2D eigenvalue weighted by Crippen LogP contribution is -2.45. The predicted octanol–water partition coefficient (Wildman–Crippen LogP) is 3.90. The van der Waals surface area contributed by atoms with Crippen molar-refractivity contribution in [1.82, 2.24) is 10.2 Å². The summed E-state index contributed by atoms with van der Waals surface area (Å²) in [5.41, 5.74) is 0.317. The summed E-state index contributed by atoms with van der Waals surface area (Å²) in [6, 6.07) is 4.96. The number of rotatable bonds is 3. The van der Waals surface area contributed by atoms with Crippen molar-refractivity contribution in [2.75, 3.05) is 26.2 Å². The summed E-state index contributed by atoms with van der Waals surface area (Å²) in [5.74, 6) is -1.22. The molecule has 2 heterocycles. The van der Waals surface area contributed by atoms with Gasteiger partial charge < -0.3 is 5.32 Å². The summed E-state index contributed by atoms with van der Waals surface area (Å²) in [4.78, 5) is 2.17. The molecule has 0 aliphatic carbocycles. The summed E-state index contributed by atoms with van der Waals surface area (Å²) in [6.07, 6.45) is -4.67. The minimum absolute atomic E-state index is 0.222. The zero-order chi connectivity index (χ0) is 16.4. The Morgan fingerprint density at radius 3 is 2.39 bits per heavy atom. The van der Waals surface area contributed by atoms with Crippen LogP contribution in [0.25, 0.3) is 0 Å². The number of benzene rings is 1. The highest BCUT2D eigenvalue weighted by Crippen LogP contribution is 2.35. The lowest BCUT2D eigenvalue weighted by Gasteiger charge is -2.35. The van der Waals surface area contributed by atoms with Gasteiger partial charge in [-0.2, -0.15) is 24.5 Å². The van der Waals surface area contributed by atoms with Gasteiger partial charge in [0.05, 0.1) is 11.6 Å². The Kier molecular flexibility index (Phi) is 4.70. The molecule has 0 saturated carbocycles. The number of alkyl halides is 3. The molecule has 2 nitrogen and oxygen atoms in total. The Morgan fingerprint density at radius 2 is 1.83 bits per heavy atom. The maximum Gasteiger partial charge on any atom is 0.419 e. The number of nitrogens with one attached hydrogen (secondary N) is 1. The van der Waals surface area contributed by atoms with Crippen molar-refractivity contribution in [2.45, 2.75) is 12.2 Å². The number of hydrogen-bond donors (Lipinski definition) is 1. The van der Waals surface area contributed by atoms with E-state index in [1.807, 2.05) is 16.8 Å². The van der Waals surface area contributed by atoms with Gasteiger partial charge in [0.1, 0.15) is 5.82 Å². The van der Waals surface area contributed by atoms with E-state index < -0.39 is 17.6 Å². The van der Waals surface area contributed by atoms with Gasteiger partial charge in [-0.3, -0.25) is 4.90 Å². The molecular formula is C16H16F4N2S. The summed E-state index contributed by atoms with van der Waals surface area (Å²) in [6.45, 7) is 3.15. The highest BCUT2D eigenvalue weighted by atomic mass is 32.1. The molecule has 23 heavy (non-hydrogen) atoms. The lowest BCUT2D eigenvalue weighted by molar-refractivity contribution is -0.140. The third-order valence-electron chi connectivity index (χ3n) is 3.99. The molecular weight excluding hydrogens is 328 g/mol. The summed E-state index contributed by atoms with van der Waals surface area (Å²) in [7, 11) is 0. The van der Waals surface area contributed by atoms with Crippen LogP contribution in [0.15, 0.2) is 35.0 Å². The van der Waals surface area contributed by atoms with E-state index in [9.17, 15) is 17.6 Å². The fourth-order valence-corrected chi connectivity index (χ4v) is 3.60. The van der Waals surface area contributed by atoms with Crippen molar-refractivity contribution >= 4 is 11.3 Å². The molecule has 0 bridgehead atoms. The van der Waals surface area contributed by atoms with Crippen LogP contribution >= 0.6 is 11.3 Å². The van der Waals surface area contributed by atoms with E-state index in [0.717, 1.165) is 43.9 Å². The molecule has 7 heteroatoms. The van der Waals surface area contributed by atoms with Crippen molar-refractivity contribution in [1.29, 1.82) is 0 Å². The second kappa shape index (κ2) is 6.59. The second-order valence-electron chi connectivity index (χ2n) is 5.48. The Bertz CT molecular complexity index is 649. The van der Waals surface area contributed by atoms with Gasteiger partial charge in [0.2, 0.25) is 0 Å². The lowest BCUT2D eigenvalue weighted by atomic mass is 9.97. The molecule has 1 aliphatic heterocycles. The molecule has 1 N–H and O–H groups in total. The molecule has 1 atom stereocenters. The van der Waals surface area contributed by atoms with E-state index in [0.29, 0.717) is 5.56 Å². The van der Waals surface area contributed by atoms with Gasteiger partial charge in [-0.25, -0.2) is 4.39 Å². The van der Waals surface area contributed by atoms with Crippen LogP contribution in [0, 0.1) is 5.82 Å². The monoisotopic (exact) mass is 344 g/mol. The summed E-state index contributed by atoms with van der Waals surface area (Å²) >= 11 is 1.52. The van der Waals surface area contributed by atoms with Crippen molar-refractivity contribution < 1.29 is 17.6 Å². The standard InChI is InChI=1S/C16H16F4N2S/c17-14-9-11(1-2-13(14)16(18,19)20)15(12-3-8-23-10-12)22-6-4-21-5-7-22/h1-3,8-10,15,21H,4-7H2/t15-/m0/s1. The Hall–Kier alpha value is -1.44. The van der Waals surface area contributed by atoms with Crippen LogP contribution in [0.5, 0.6) is 0 Å². The number of piperazine rings is 1. The predicted molar refractivity (Wildman–Crippen MR) is 82.0 cm³/mol. The number of halogens is 4. The first-order valence-corrected chi connectivity index (χ1v) is 8.24. The van der Waals surface area contributed by atoms with E-state index in [1.165, 1.54) is 17.4 Å². The highest BCUT2D eigenvalue weighted by molar-refractivity contribution is 7.08. The number of hydrogen-bond acceptors (Lipinski definition) is 3. The fourth-order valence-electron chi connectivity index (χ4n) is 2.92. The summed E-state index contributed by atoms with van der Waals surface area (Å²) < 4.78 is 52.2. The molecule has 0 amide bonds. The maximum absolute atomic E-state index is 14.0. The molecule has 124 valence electrons. The van der Waals surface area contributed by atoms with Crippen molar-refractivity contribution in [3.63, 3.8) is 0 Å². The molecule has 0 unspecified atom stereocenters. The number of thiophene rings is 1. The third-order valence-corrected chi connectivity index (χ3v) is 4.69. The zero-order valence-corrected chi connectivity index (χ0v) is 13.1. The minimum Gasteiger partial charge on any atom is -0.314 e. The first kappa shape index (κ1) is 16.4. The van der Waals surface area contributed by atoms with Crippen LogP contribution in [-0.2, 0) is 6.18 Å². The zero-order valence-electron chi connectivity index (χ0n) is 12.2. The molecule has 3 rings (SSSR count). The van der Waals surface area contributed by atoms with Crippen LogP contribution in [0.2, 0.25) is 0 Å². The largest absolute Gasteiger partial charge is 0.419 e. The van der Waals surface area contributed by atoms with Gasteiger partial charge >= 0.3 is 6.18 Å². The topological polar surface area (TPSA) is 15.3 Å². The van der Waals surface area contributed by atoms with E-state index in [1.54, 1.807) is 0 Å². The smallest absolute Gasteiger partial charge is 0.314 e. The number of nitrogens with zero attached hydrogens (tertiary/aromatic N) is 1. The van der Waals surface area contributed by atoms with Gasteiger partial charge in [-0.15, -0.1) is 0 Å². The summed E-state index contributed by atoms with van der Waals surface area (Å²) in [5, 5.41) is 7.13. The average molecular weight is 344 g/mol. The quantitative estimate of drug-likeness (QED) is 0.850. The molecule has 0 spiro atoms. The highest BCUT2D eigenvalue weighted by Gasteiger charge is 2.35. The van der Waals surface area contributed by atoms with Gasteiger partial charge in [0, 0.05) is 26.2 Å². The van der Waals surface area contributed by atoms with Gasteiger partial charge in [0.15, 0.2) is 0 Å². The molecule has 1 aromatic heterocycles. The van der Waals surface area contributed by atoms with Crippen molar-refractivity contribution in [3.8, 4) is 0 Å². The molecule has 1 fully saturated rings. The third kappa shape index (κ3) is 3.57. The first-order chi connectivity index (χ1) is 11.0. The van der Waals surface area contributed by atoms with E-state index >= 15 is 0 Å². The Balaban J connectivity index is 1.98. The Labute approximate surface area is 135 Å². The van der Waals surface area contributed by atoms with Gasteiger partial charge in [-0.05, 0) is 40.1 Å². The van der Waals surface area contributed by atoms with E-state index in [4.69, 9.17) is 0 Å². The second-order valence-corrected chi connectivity index (χ2v) is 6.26. The van der Waals surface area contributed by atoms with E-state index in [2.05, 4.69) is 10.2 Å². The van der Waals surface area contributed by atoms with E-state index in [-0.39, 0.29) is 6.04 Å². The Morgan fingerprint density at radius 1 is 1.09 bits per heavy atom. The average Bonchev–Trinajstić information content (AvgIpc) is 3.01. The van der Waals surface area contributed by atoms with Gasteiger partial charge in [-0.1, -0.05) is 6.07 Å². The van der Waals surface area contributed by atoms with Crippen LogP contribution in [0.1, 0.15) is 22.7 Å².